The van der Waals surface area contributed by atoms with Gasteiger partial charge in [0.05, 0.1) is 6.54 Å². The van der Waals surface area contributed by atoms with Gasteiger partial charge >= 0.3 is 0 Å². The van der Waals surface area contributed by atoms with Crippen molar-refractivity contribution < 1.29 is 4.42 Å². The maximum absolute atomic E-state index is 5.86. The number of aryl methyl sites for hydroxylation is 1. The van der Waals surface area contributed by atoms with Crippen molar-refractivity contribution in [3.05, 3.63) is 65.4 Å². The lowest BCUT2D eigenvalue weighted by Gasteiger charge is -2.21. The Morgan fingerprint density at radius 2 is 1.76 bits per heavy atom. The van der Waals surface area contributed by atoms with Gasteiger partial charge in [-0.2, -0.15) is 0 Å². The molecule has 0 bridgehead atoms. The fourth-order valence-corrected chi connectivity index (χ4v) is 2.80. The number of nitrogens with zero attached hydrogens (tertiary/aromatic N) is 1. The first-order valence-corrected chi connectivity index (χ1v) is 7.17. The average molecular weight is 280 g/mol. The average Bonchev–Trinajstić information content (AvgIpc) is 2.86. The smallest absolute Gasteiger partial charge is 0.134 e. The van der Waals surface area contributed by atoms with Crippen LogP contribution >= 0.6 is 0 Å². The summed E-state index contributed by atoms with van der Waals surface area (Å²) in [6.07, 6.45) is 0. The van der Waals surface area contributed by atoms with E-state index in [1.54, 1.807) is 0 Å². The normalized spacial score (nSPS) is 11.0. The van der Waals surface area contributed by atoms with Crippen molar-refractivity contribution in [1.29, 1.82) is 0 Å². The van der Waals surface area contributed by atoms with E-state index in [-0.39, 0.29) is 0 Å². The standard InChI is InChI=1S/C18H20N2O/c1-13-7-3-5-9-16(13)20(2)12-15-14-8-4-6-10-17(14)21-18(15)11-19/h3-10H,11-12,19H2,1-2H3. The predicted octanol–water partition coefficient (Wildman–Crippen LogP) is 3.84. The van der Waals surface area contributed by atoms with Crippen molar-refractivity contribution in [3.8, 4) is 0 Å². The lowest BCUT2D eigenvalue weighted by molar-refractivity contribution is 0.545. The minimum atomic E-state index is 0.422. The second-order valence-corrected chi connectivity index (χ2v) is 5.35. The van der Waals surface area contributed by atoms with Gasteiger partial charge in [0.15, 0.2) is 0 Å². The molecule has 3 aromatic rings. The Kier molecular flexibility index (Phi) is 3.67. The maximum Gasteiger partial charge on any atom is 0.134 e. The van der Waals surface area contributed by atoms with Gasteiger partial charge in [0.2, 0.25) is 0 Å². The summed E-state index contributed by atoms with van der Waals surface area (Å²) in [4.78, 5) is 2.24. The van der Waals surface area contributed by atoms with E-state index in [0.717, 1.165) is 23.3 Å². The second-order valence-electron chi connectivity index (χ2n) is 5.35. The number of hydrogen-bond donors (Lipinski definition) is 1. The molecule has 2 N–H and O–H groups in total. The molecule has 0 saturated carbocycles. The van der Waals surface area contributed by atoms with Crippen LogP contribution < -0.4 is 10.6 Å². The topological polar surface area (TPSA) is 42.4 Å². The zero-order valence-corrected chi connectivity index (χ0v) is 12.5. The molecule has 0 radical (unpaired) electrons. The summed E-state index contributed by atoms with van der Waals surface area (Å²) in [6.45, 7) is 3.34. The molecule has 1 heterocycles. The highest BCUT2D eigenvalue weighted by Crippen LogP contribution is 2.28. The van der Waals surface area contributed by atoms with E-state index < -0.39 is 0 Å². The van der Waals surface area contributed by atoms with Crippen LogP contribution in [0.3, 0.4) is 0 Å². The van der Waals surface area contributed by atoms with Crippen molar-refractivity contribution in [3.63, 3.8) is 0 Å². The van der Waals surface area contributed by atoms with Gasteiger partial charge in [-0.3, -0.25) is 0 Å². The zero-order valence-electron chi connectivity index (χ0n) is 12.5. The maximum atomic E-state index is 5.86. The first kappa shape index (κ1) is 13.7. The molecule has 0 spiro atoms. The van der Waals surface area contributed by atoms with Gasteiger partial charge in [-0.15, -0.1) is 0 Å². The van der Waals surface area contributed by atoms with E-state index in [1.807, 2.05) is 18.2 Å². The van der Waals surface area contributed by atoms with E-state index in [9.17, 15) is 0 Å². The molecule has 108 valence electrons. The Hall–Kier alpha value is -2.26. The third kappa shape index (κ3) is 2.52. The monoisotopic (exact) mass is 280 g/mol. The van der Waals surface area contributed by atoms with Gasteiger partial charge in [-0.25, -0.2) is 0 Å². The molecule has 0 atom stereocenters. The fourth-order valence-electron chi connectivity index (χ4n) is 2.80. The summed E-state index contributed by atoms with van der Waals surface area (Å²) in [6, 6.07) is 16.5. The number of nitrogens with two attached hydrogens (primary N) is 1. The van der Waals surface area contributed by atoms with Crippen LogP contribution in [0.25, 0.3) is 11.0 Å². The highest BCUT2D eigenvalue weighted by Gasteiger charge is 2.15. The minimum absolute atomic E-state index is 0.422. The van der Waals surface area contributed by atoms with Crippen LogP contribution in [0, 0.1) is 6.92 Å². The Balaban J connectivity index is 1.99. The molecule has 0 saturated heterocycles. The summed E-state index contributed by atoms with van der Waals surface area (Å²) in [5.74, 6) is 0.872. The van der Waals surface area contributed by atoms with Crippen molar-refractivity contribution in [2.45, 2.75) is 20.0 Å². The summed E-state index contributed by atoms with van der Waals surface area (Å²) in [5.41, 5.74) is 10.4. The molecule has 1 aromatic heterocycles. The van der Waals surface area contributed by atoms with Crippen molar-refractivity contribution >= 4 is 16.7 Å². The third-order valence-corrected chi connectivity index (χ3v) is 3.89. The van der Waals surface area contributed by atoms with E-state index in [2.05, 4.69) is 49.2 Å². The van der Waals surface area contributed by atoms with Gasteiger partial charge in [0.25, 0.3) is 0 Å². The van der Waals surface area contributed by atoms with E-state index >= 15 is 0 Å². The highest BCUT2D eigenvalue weighted by atomic mass is 16.3. The predicted molar refractivity (Wildman–Crippen MR) is 87.4 cm³/mol. The quantitative estimate of drug-likeness (QED) is 0.789. The largest absolute Gasteiger partial charge is 0.459 e. The van der Waals surface area contributed by atoms with Gasteiger partial charge in [0, 0.05) is 30.2 Å². The van der Waals surface area contributed by atoms with E-state index in [4.69, 9.17) is 10.2 Å². The number of furan rings is 1. The van der Waals surface area contributed by atoms with Gasteiger partial charge in [-0.1, -0.05) is 36.4 Å². The molecule has 2 aromatic carbocycles. The Labute approximate surface area is 125 Å². The molecular weight excluding hydrogens is 260 g/mol. The Morgan fingerprint density at radius 1 is 1.05 bits per heavy atom. The third-order valence-electron chi connectivity index (χ3n) is 3.89. The molecule has 0 aliphatic heterocycles. The summed E-state index contributed by atoms with van der Waals surface area (Å²) in [7, 11) is 2.10. The van der Waals surface area contributed by atoms with Crippen LogP contribution in [0.15, 0.2) is 52.9 Å². The minimum Gasteiger partial charge on any atom is -0.459 e. The fraction of sp³-hybridized carbons (Fsp3) is 0.222. The number of fused-ring (bicyclic) bond motifs is 1. The molecule has 21 heavy (non-hydrogen) atoms. The van der Waals surface area contributed by atoms with Crippen LogP contribution in [0.1, 0.15) is 16.9 Å². The molecule has 0 unspecified atom stereocenters. The number of rotatable bonds is 4. The lowest BCUT2D eigenvalue weighted by atomic mass is 10.1. The molecule has 0 aliphatic carbocycles. The first-order valence-electron chi connectivity index (χ1n) is 7.17. The highest BCUT2D eigenvalue weighted by molar-refractivity contribution is 5.82. The molecule has 3 heteroatoms. The van der Waals surface area contributed by atoms with Crippen molar-refractivity contribution in [2.24, 2.45) is 5.73 Å². The number of benzene rings is 2. The molecule has 0 fully saturated rings. The summed E-state index contributed by atoms with van der Waals surface area (Å²) >= 11 is 0. The SMILES string of the molecule is Cc1ccccc1N(C)Cc1c(CN)oc2ccccc12. The lowest BCUT2D eigenvalue weighted by Crippen LogP contribution is -2.18. The van der Waals surface area contributed by atoms with E-state index in [0.29, 0.717) is 6.54 Å². The second kappa shape index (κ2) is 5.62. The molecule has 3 nitrogen and oxygen atoms in total. The molecule has 0 amide bonds. The first-order chi connectivity index (χ1) is 10.2. The van der Waals surface area contributed by atoms with Crippen molar-refractivity contribution in [2.75, 3.05) is 11.9 Å². The van der Waals surface area contributed by atoms with Gasteiger partial charge < -0.3 is 15.1 Å². The Bertz CT molecular complexity index is 761. The molecule has 0 aliphatic rings. The zero-order chi connectivity index (χ0) is 14.8. The number of anilines is 1. The molecule has 3 rings (SSSR count). The Morgan fingerprint density at radius 3 is 2.52 bits per heavy atom. The van der Waals surface area contributed by atoms with Crippen LogP contribution in [-0.4, -0.2) is 7.05 Å². The van der Waals surface area contributed by atoms with Gasteiger partial charge in [0.1, 0.15) is 11.3 Å². The van der Waals surface area contributed by atoms with Crippen molar-refractivity contribution in [1.82, 2.24) is 0 Å². The van der Waals surface area contributed by atoms with Crippen LogP contribution in [0.5, 0.6) is 0 Å². The molecular formula is C18H20N2O. The van der Waals surface area contributed by atoms with Gasteiger partial charge in [-0.05, 0) is 24.6 Å². The summed E-state index contributed by atoms with van der Waals surface area (Å²) in [5, 5.41) is 1.15. The number of para-hydroxylation sites is 2. The summed E-state index contributed by atoms with van der Waals surface area (Å²) < 4.78 is 5.86. The van der Waals surface area contributed by atoms with Crippen LogP contribution in [0.2, 0.25) is 0 Å². The van der Waals surface area contributed by atoms with Crippen LogP contribution in [0.4, 0.5) is 5.69 Å². The number of hydrogen-bond acceptors (Lipinski definition) is 3. The van der Waals surface area contributed by atoms with E-state index in [1.165, 1.54) is 16.8 Å². The van der Waals surface area contributed by atoms with Crippen LogP contribution in [-0.2, 0) is 13.1 Å².